The molecule has 0 radical (unpaired) electrons. The number of nitrogens with zero attached hydrogens (tertiary/aromatic N) is 4. The number of ketones is 1. The Labute approximate surface area is 232 Å². The van der Waals surface area contributed by atoms with Crippen molar-refractivity contribution in [3.8, 4) is 5.75 Å². The fraction of sp³-hybridized carbons (Fsp3) is 0.379. The number of carbonyl (C=O) groups excluding carboxylic acids is 2. The molecule has 4 aromatic rings. The highest BCUT2D eigenvalue weighted by atomic mass is 35.5. The minimum atomic E-state index is -0.954. The molecule has 0 aliphatic heterocycles. The molecule has 206 valence electrons. The van der Waals surface area contributed by atoms with Crippen LogP contribution < -0.4 is 10.5 Å². The molecular weight excluding hydrogens is 518 g/mol. The summed E-state index contributed by atoms with van der Waals surface area (Å²) in [7, 11) is 1.65. The molecule has 0 aliphatic carbocycles. The van der Waals surface area contributed by atoms with Crippen LogP contribution in [0.1, 0.15) is 32.2 Å². The third kappa shape index (κ3) is 6.32. The molecule has 2 aromatic heterocycles. The van der Waals surface area contributed by atoms with Gasteiger partial charge in [0, 0.05) is 38.6 Å². The minimum Gasteiger partial charge on any atom is -0.480 e. The normalized spacial score (nSPS) is 11.7. The van der Waals surface area contributed by atoms with E-state index in [1.54, 1.807) is 31.9 Å². The minimum absolute atomic E-state index is 0.0768. The highest BCUT2D eigenvalue weighted by molar-refractivity contribution is 6.27. The second-order valence-electron chi connectivity index (χ2n) is 9.90. The van der Waals surface area contributed by atoms with Crippen LogP contribution in [0.3, 0.4) is 0 Å². The number of hydrogen-bond donors (Lipinski definition) is 1. The monoisotopic (exact) mass is 551 g/mol. The molecule has 0 bridgehead atoms. The summed E-state index contributed by atoms with van der Waals surface area (Å²) in [6, 6.07) is 15.2. The van der Waals surface area contributed by atoms with Crippen LogP contribution in [0.5, 0.6) is 5.75 Å². The van der Waals surface area contributed by atoms with Crippen LogP contribution in [0, 0.1) is 0 Å². The summed E-state index contributed by atoms with van der Waals surface area (Å²) in [4.78, 5) is 35.9. The van der Waals surface area contributed by atoms with Gasteiger partial charge in [-0.05, 0) is 44.5 Å². The molecule has 9 nitrogen and oxygen atoms in total. The number of nitrogen functional groups attached to an aromatic ring is 1. The molecule has 0 saturated heterocycles. The van der Waals surface area contributed by atoms with Gasteiger partial charge in [-0.15, -0.1) is 11.6 Å². The zero-order valence-corrected chi connectivity index (χ0v) is 23.5. The Kier molecular flexibility index (Phi) is 8.72. The summed E-state index contributed by atoms with van der Waals surface area (Å²) in [5.74, 6) is 1.31. The molecule has 2 heterocycles. The van der Waals surface area contributed by atoms with Gasteiger partial charge in [0.2, 0.25) is 5.91 Å². The number of anilines is 1. The Morgan fingerprint density at radius 2 is 1.90 bits per heavy atom. The lowest BCUT2D eigenvalue weighted by molar-refractivity contribution is -0.129. The molecule has 0 saturated carbocycles. The average molecular weight is 552 g/mol. The van der Waals surface area contributed by atoms with Crippen LogP contribution in [0.15, 0.2) is 48.5 Å². The Balaban J connectivity index is 1.65. The molecule has 1 amide bonds. The van der Waals surface area contributed by atoms with E-state index in [1.165, 1.54) is 6.92 Å². The molecule has 2 aromatic carbocycles. The third-order valence-electron chi connectivity index (χ3n) is 6.77. The van der Waals surface area contributed by atoms with Gasteiger partial charge in [0.25, 0.3) is 0 Å². The molecule has 0 fully saturated rings. The Bertz CT molecular complexity index is 1500. The van der Waals surface area contributed by atoms with Crippen molar-refractivity contribution in [3.05, 3.63) is 59.9 Å². The van der Waals surface area contributed by atoms with E-state index in [0.717, 1.165) is 27.8 Å². The quantitative estimate of drug-likeness (QED) is 0.260. The lowest BCUT2D eigenvalue weighted by Gasteiger charge is -2.25. The fourth-order valence-corrected chi connectivity index (χ4v) is 4.59. The highest BCUT2D eigenvalue weighted by Gasteiger charge is 2.26. The number of fused-ring (bicyclic) bond motifs is 3. The molecule has 0 unspecified atom stereocenters. The number of methoxy groups -OCH3 is 1. The molecule has 10 heteroatoms. The van der Waals surface area contributed by atoms with Gasteiger partial charge in [0.05, 0.1) is 17.6 Å². The predicted molar refractivity (Wildman–Crippen MR) is 153 cm³/mol. The van der Waals surface area contributed by atoms with Gasteiger partial charge in [-0.25, -0.2) is 9.97 Å². The van der Waals surface area contributed by atoms with Crippen molar-refractivity contribution in [1.29, 1.82) is 0 Å². The highest BCUT2D eigenvalue weighted by Crippen LogP contribution is 2.29. The van der Waals surface area contributed by atoms with Crippen LogP contribution >= 0.6 is 11.6 Å². The molecule has 0 spiro atoms. The summed E-state index contributed by atoms with van der Waals surface area (Å²) in [6.45, 7) is 6.63. The topological polar surface area (TPSA) is 113 Å². The van der Waals surface area contributed by atoms with E-state index in [9.17, 15) is 9.59 Å². The first-order chi connectivity index (χ1) is 18.6. The summed E-state index contributed by atoms with van der Waals surface area (Å²) >= 11 is 6.01. The standard InChI is InChI=1S/C29H34ClN5O4/c1-19(36)29(2,3)39-21-9-7-8-20(16-21)18-34(25(37)17-30)13-14-35-24(12-15-38-4)33-26-27(35)22-10-5-6-11-23(22)32-28(26)31/h5-11,16H,12-15,17-18H2,1-4H3,(H2,31,32). The Morgan fingerprint density at radius 3 is 2.62 bits per heavy atom. The van der Waals surface area contributed by atoms with Gasteiger partial charge in [0.1, 0.15) is 23.0 Å². The zero-order valence-electron chi connectivity index (χ0n) is 22.7. The molecule has 4 rings (SSSR count). The first kappa shape index (κ1) is 28.3. The maximum atomic E-state index is 12.9. The number of alkyl halides is 1. The number of rotatable bonds is 12. The van der Waals surface area contributed by atoms with Crippen LogP contribution in [0.2, 0.25) is 0 Å². The molecule has 0 atom stereocenters. The Hall–Kier alpha value is -3.69. The summed E-state index contributed by atoms with van der Waals surface area (Å²) < 4.78 is 13.3. The number of pyridine rings is 1. The molecule has 2 N–H and O–H groups in total. The van der Waals surface area contributed by atoms with Gasteiger partial charge in [-0.1, -0.05) is 30.3 Å². The van der Waals surface area contributed by atoms with E-state index in [1.807, 2.05) is 42.5 Å². The average Bonchev–Trinajstić information content (AvgIpc) is 3.28. The number of amides is 1. The number of Topliss-reactive ketones (excluding diaryl/α,β-unsaturated/α-hetero) is 1. The second kappa shape index (κ2) is 12.0. The van der Waals surface area contributed by atoms with Gasteiger partial charge >= 0.3 is 0 Å². The van der Waals surface area contributed by atoms with Crippen molar-refractivity contribution in [2.75, 3.05) is 31.9 Å². The smallest absolute Gasteiger partial charge is 0.237 e. The van der Waals surface area contributed by atoms with Crippen molar-refractivity contribution < 1.29 is 19.1 Å². The number of carbonyl (C=O) groups is 2. The number of imidazole rings is 1. The first-order valence-electron chi connectivity index (χ1n) is 12.8. The van der Waals surface area contributed by atoms with Crippen LogP contribution in [0.4, 0.5) is 5.82 Å². The van der Waals surface area contributed by atoms with Crippen LogP contribution in [-0.2, 0) is 33.8 Å². The van der Waals surface area contributed by atoms with Crippen LogP contribution in [-0.4, -0.2) is 62.9 Å². The number of aromatic nitrogens is 3. The second-order valence-corrected chi connectivity index (χ2v) is 10.2. The van der Waals surface area contributed by atoms with Crippen molar-refractivity contribution in [1.82, 2.24) is 19.4 Å². The molecule has 39 heavy (non-hydrogen) atoms. The van der Waals surface area contributed by atoms with Crippen molar-refractivity contribution >= 4 is 51.0 Å². The number of hydrogen-bond acceptors (Lipinski definition) is 7. The van der Waals surface area contributed by atoms with Gasteiger partial charge in [0.15, 0.2) is 17.2 Å². The van der Waals surface area contributed by atoms with E-state index in [2.05, 4.69) is 9.55 Å². The lowest BCUT2D eigenvalue weighted by Crippen LogP contribution is -2.36. The summed E-state index contributed by atoms with van der Waals surface area (Å²) in [5, 5.41) is 0.936. The maximum absolute atomic E-state index is 12.9. The van der Waals surface area contributed by atoms with Crippen molar-refractivity contribution in [2.24, 2.45) is 0 Å². The zero-order chi connectivity index (χ0) is 28.2. The predicted octanol–water partition coefficient (Wildman–Crippen LogP) is 4.37. The summed E-state index contributed by atoms with van der Waals surface area (Å²) in [6.07, 6.45) is 0.577. The van der Waals surface area contributed by atoms with Gasteiger partial charge < -0.3 is 24.7 Å². The largest absolute Gasteiger partial charge is 0.480 e. The van der Waals surface area contributed by atoms with Crippen molar-refractivity contribution in [2.45, 2.75) is 45.9 Å². The van der Waals surface area contributed by atoms with E-state index >= 15 is 0 Å². The number of halogens is 1. The van der Waals surface area contributed by atoms with E-state index < -0.39 is 5.60 Å². The van der Waals surface area contributed by atoms with E-state index in [-0.39, 0.29) is 17.6 Å². The van der Waals surface area contributed by atoms with E-state index in [0.29, 0.717) is 49.7 Å². The first-order valence-corrected chi connectivity index (χ1v) is 13.3. The van der Waals surface area contributed by atoms with Crippen molar-refractivity contribution in [3.63, 3.8) is 0 Å². The number of ether oxygens (including phenoxy) is 2. The number of nitrogens with two attached hydrogens (primary N) is 1. The van der Waals surface area contributed by atoms with Gasteiger partial charge in [-0.3, -0.25) is 9.59 Å². The number of para-hydroxylation sites is 1. The van der Waals surface area contributed by atoms with Crippen LogP contribution in [0.25, 0.3) is 21.9 Å². The third-order valence-corrected chi connectivity index (χ3v) is 7.00. The van der Waals surface area contributed by atoms with E-state index in [4.69, 9.17) is 31.8 Å². The number of benzene rings is 2. The Morgan fingerprint density at radius 1 is 1.13 bits per heavy atom. The SMILES string of the molecule is COCCc1nc2c(N)nc3ccccc3c2n1CCN(Cc1cccc(OC(C)(C)C(C)=O)c1)C(=O)CCl. The fourth-order valence-electron chi connectivity index (χ4n) is 4.42. The molecular formula is C29H34ClN5O4. The van der Waals surface area contributed by atoms with Gasteiger partial charge in [-0.2, -0.15) is 0 Å². The maximum Gasteiger partial charge on any atom is 0.237 e. The summed E-state index contributed by atoms with van der Waals surface area (Å²) in [5.41, 5.74) is 8.50. The lowest BCUT2D eigenvalue weighted by atomic mass is 10.1. The molecule has 0 aliphatic rings.